The van der Waals surface area contributed by atoms with Gasteiger partial charge in [0.2, 0.25) is 5.91 Å². The molecular weight excluding hydrogens is 178 g/mol. The molecule has 1 atom stereocenters. The Kier molecular flexibility index (Phi) is 4.14. The van der Waals surface area contributed by atoms with Gasteiger partial charge in [-0.2, -0.15) is 0 Å². The van der Waals surface area contributed by atoms with E-state index < -0.39 is 0 Å². The molecule has 0 fully saturated rings. The van der Waals surface area contributed by atoms with E-state index in [1.54, 1.807) is 0 Å². The van der Waals surface area contributed by atoms with Crippen molar-refractivity contribution in [2.45, 2.75) is 32.7 Å². The smallest absolute Gasteiger partial charge is 0.224 e. The number of aliphatic hydroxyl groups excluding tert-OH is 1. The van der Waals surface area contributed by atoms with Crippen molar-refractivity contribution in [2.24, 2.45) is 11.8 Å². The molecule has 0 unspecified atom stereocenters. The lowest BCUT2D eigenvalue weighted by atomic mass is 10.0. The maximum atomic E-state index is 11.7. The molecule has 0 aromatic rings. The van der Waals surface area contributed by atoms with Gasteiger partial charge in [-0.25, -0.2) is 0 Å². The van der Waals surface area contributed by atoms with Crippen molar-refractivity contribution in [3.05, 3.63) is 12.2 Å². The Balaban J connectivity index is 2.38. The third kappa shape index (κ3) is 2.84. The normalized spacial score (nSPS) is 18.9. The second-order valence-electron chi connectivity index (χ2n) is 4.18. The molecule has 0 aliphatic heterocycles. The molecular formula is C11H19NO2. The summed E-state index contributed by atoms with van der Waals surface area (Å²) in [6.45, 7) is 4.01. The minimum atomic E-state index is -0.108. The van der Waals surface area contributed by atoms with E-state index in [1.807, 2.05) is 26.0 Å². The van der Waals surface area contributed by atoms with Crippen molar-refractivity contribution in [1.29, 1.82) is 0 Å². The SMILES string of the molecule is CC(C)[C@@H](CO)NC(=O)C1CC=CC1. The summed E-state index contributed by atoms with van der Waals surface area (Å²) in [5.41, 5.74) is 0. The fraction of sp³-hybridized carbons (Fsp3) is 0.727. The maximum Gasteiger partial charge on any atom is 0.224 e. The molecule has 0 aromatic carbocycles. The lowest BCUT2D eigenvalue weighted by molar-refractivity contribution is -0.126. The molecule has 3 heteroatoms. The number of allylic oxidation sites excluding steroid dienone is 2. The average molecular weight is 197 g/mol. The zero-order chi connectivity index (χ0) is 10.6. The number of hydrogen-bond donors (Lipinski definition) is 2. The Bertz CT molecular complexity index is 215. The van der Waals surface area contributed by atoms with Crippen LogP contribution in [0.1, 0.15) is 26.7 Å². The van der Waals surface area contributed by atoms with E-state index >= 15 is 0 Å². The van der Waals surface area contributed by atoms with Crippen LogP contribution in [0.3, 0.4) is 0 Å². The Morgan fingerprint density at radius 3 is 2.50 bits per heavy atom. The number of amides is 1. The van der Waals surface area contributed by atoms with E-state index in [2.05, 4.69) is 5.32 Å². The number of nitrogens with one attached hydrogen (secondary N) is 1. The van der Waals surface area contributed by atoms with Gasteiger partial charge in [0.25, 0.3) is 0 Å². The largest absolute Gasteiger partial charge is 0.394 e. The first-order valence-electron chi connectivity index (χ1n) is 5.21. The van der Waals surface area contributed by atoms with Crippen molar-refractivity contribution in [3.8, 4) is 0 Å². The molecule has 1 amide bonds. The first-order valence-corrected chi connectivity index (χ1v) is 5.21. The Hall–Kier alpha value is -0.830. The third-order valence-electron chi connectivity index (χ3n) is 2.71. The maximum absolute atomic E-state index is 11.7. The second kappa shape index (κ2) is 5.15. The molecule has 0 saturated heterocycles. The summed E-state index contributed by atoms with van der Waals surface area (Å²) in [6.07, 6.45) is 5.74. The Labute approximate surface area is 85.2 Å². The van der Waals surface area contributed by atoms with Crippen LogP contribution in [0, 0.1) is 11.8 Å². The molecule has 0 aromatic heterocycles. The fourth-order valence-corrected chi connectivity index (χ4v) is 1.55. The van der Waals surface area contributed by atoms with Crippen molar-refractivity contribution >= 4 is 5.91 Å². The molecule has 1 aliphatic rings. The molecule has 3 nitrogen and oxygen atoms in total. The molecule has 0 bridgehead atoms. The fourth-order valence-electron chi connectivity index (χ4n) is 1.55. The first kappa shape index (κ1) is 11.2. The lowest BCUT2D eigenvalue weighted by Gasteiger charge is -2.21. The van der Waals surface area contributed by atoms with Crippen LogP contribution >= 0.6 is 0 Å². The summed E-state index contributed by atoms with van der Waals surface area (Å²) in [6, 6.07) is -0.108. The molecule has 1 aliphatic carbocycles. The van der Waals surface area contributed by atoms with Crippen LogP contribution in [0.25, 0.3) is 0 Å². The molecule has 2 N–H and O–H groups in total. The van der Waals surface area contributed by atoms with Crippen molar-refractivity contribution in [2.75, 3.05) is 6.61 Å². The Morgan fingerprint density at radius 1 is 1.50 bits per heavy atom. The van der Waals surface area contributed by atoms with Gasteiger partial charge in [0.1, 0.15) is 0 Å². The summed E-state index contributed by atoms with van der Waals surface area (Å²) in [5.74, 6) is 0.434. The zero-order valence-corrected chi connectivity index (χ0v) is 8.86. The second-order valence-corrected chi connectivity index (χ2v) is 4.18. The number of carbonyl (C=O) groups is 1. The average Bonchev–Trinajstić information content (AvgIpc) is 2.65. The number of rotatable bonds is 4. The van der Waals surface area contributed by atoms with Crippen LogP contribution in [0.5, 0.6) is 0 Å². The van der Waals surface area contributed by atoms with Gasteiger partial charge in [0.05, 0.1) is 12.6 Å². The standard InChI is InChI=1S/C11H19NO2/c1-8(2)10(7-13)12-11(14)9-5-3-4-6-9/h3-4,8-10,13H,5-7H2,1-2H3,(H,12,14)/t10-/m1/s1. The van der Waals surface area contributed by atoms with Crippen molar-refractivity contribution in [3.63, 3.8) is 0 Å². The number of hydrogen-bond acceptors (Lipinski definition) is 2. The van der Waals surface area contributed by atoms with Crippen LogP contribution < -0.4 is 5.32 Å². The molecule has 0 spiro atoms. The predicted molar refractivity (Wildman–Crippen MR) is 55.7 cm³/mol. The monoisotopic (exact) mass is 197 g/mol. The summed E-state index contributed by atoms with van der Waals surface area (Å²) in [7, 11) is 0. The highest BCUT2D eigenvalue weighted by Crippen LogP contribution is 2.18. The van der Waals surface area contributed by atoms with Crippen LogP contribution in [-0.2, 0) is 4.79 Å². The number of aliphatic hydroxyl groups is 1. The van der Waals surface area contributed by atoms with E-state index in [9.17, 15) is 4.79 Å². The molecule has 0 heterocycles. The van der Waals surface area contributed by atoms with Gasteiger partial charge in [0.15, 0.2) is 0 Å². The van der Waals surface area contributed by atoms with Crippen molar-refractivity contribution in [1.82, 2.24) is 5.32 Å². The van der Waals surface area contributed by atoms with Crippen LogP contribution in [0.15, 0.2) is 12.2 Å². The minimum Gasteiger partial charge on any atom is -0.394 e. The lowest BCUT2D eigenvalue weighted by Crippen LogP contribution is -2.43. The van der Waals surface area contributed by atoms with Gasteiger partial charge in [-0.1, -0.05) is 26.0 Å². The summed E-state index contributed by atoms with van der Waals surface area (Å²) in [4.78, 5) is 11.7. The quantitative estimate of drug-likeness (QED) is 0.663. The van der Waals surface area contributed by atoms with E-state index in [0.29, 0.717) is 0 Å². The molecule has 80 valence electrons. The van der Waals surface area contributed by atoms with E-state index in [1.165, 1.54) is 0 Å². The van der Waals surface area contributed by atoms with Crippen molar-refractivity contribution < 1.29 is 9.90 Å². The zero-order valence-electron chi connectivity index (χ0n) is 8.86. The van der Waals surface area contributed by atoms with Gasteiger partial charge in [0, 0.05) is 5.92 Å². The van der Waals surface area contributed by atoms with Gasteiger partial charge in [-0.15, -0.1) is 0 Å². The van der Waals surface area contributed by atoms with Gasteiger partial charge >= 0.3 is 0 Å². The highest BCUT2D eigenvalue weighted by molar-refractivity contribution is 5.79. The summed E-state index contributed by atoms with van der Waals surface area (Å²) >= 11 is 0. The minimum absolute atomic E-state index is 0.0174. The molecule has 0 radical (unpaired) electrons. The van der Waals surface area contributed by atoms with Crippen LogP contribution in [-0.4, -0.2) is 23.7 Å². The van der Waals surface area contributed by atoms with E-state index in [0.717, 1.165) is 12.8 Å². The predicted octanol–water partition coefficient (Wildman–Crippen LogP) is 1.09. The third-order valence-corrected chi connectivity index (χ3v) is 2.71. The summed E-state index contributed by atoms with van der Waals surface area (Å²) in [5, 5.41) is 11.9. The molecule has 14 heavy (non-hydrogen) atoms. The van der Waals surface area contributed by atoms with Gasteiger partial charge in [-0.3, -0.25) is 4.79 Å². The molecule has 1 rings (SSSR count). The van der Waals surface area contributed by atoms with Gasteiger partial charge < -0.3 is 10.4 Å². The molecule has 0 saturated carbocycles. The number of carbonyl (C=O) groups excluding carboxylic acids is 1. The highest BCUT2D eigenvalue weighted by Gasteiger charge is 2.22. The topological polar surface area (TPSA) is 49.3 Å². The first-order chi connectivity index (χ1) is 6.65. The van der Waals surface area contributed by atoms with Gasteiger partial charge in [-0.05, 0) is 18.8 Å². The Morgan fingerprint density at radius 2 is 2.07 bits per heavy atom. The van der Waals surface area contributed by atoms with E-state index in [-0.39, 0.29) is 30.4 Å². The van der Waals surface area contributed by atoms with E-state index in [4.69, 9.17) is 5.11 Å². The highest BCUT2D eigenvalue weighted by atomic mass is 16.3. The van der Waals surface area contributed by atoms with Crippen LogP contribution in [0.4, 0.5) is 0 Å². The summed E-state index contributed by atoms with van der Waals surface area (Å²) < 4.78 is 0. The van der Waals surface area contributed by atoms with Crippen LogP contribution in [0.2, 0.25) is 0 Å².